The van der Waals surface area contributed by atoms with Gasteiger partial charge in [-0.05, 0) is 18.9 Å². The average molecular weight is 304 g/mol. The molecule has 18 heavy (non-hydrogen) atoms. The van der Waals surface area contributed by atoms with Crippen LogP contribution in [0.3, 0.4) is 0 Å². The van der Waals surface area contributed by atoms with Crippen molar-refractivity contribution in [1.82, 2.24) is 4.98 Å². The van der Waals surface area contributed by atoms with Crippen LogP contribution in [0.1, 0.15) is 17.7 Å². The fourth-order valence-electron chi connectivity index (χ4n) is 1.23. The topological polar surface area (TPSA) is 67.3 Å². The van der Waals surface area contributed by atoms with E-state index in [0.29, 0.717) is 6.20 Å². The smallest absolute Gasteiger partial charge is 0.286 e. The van der Waals surface area contributed by atoms with Gasteiger partial charge in [-0.1, -0.05) is 11.6 Å². The number of rotatable bonds is 4. The molecule has 1 aromatic heterocycles. The van der Waals surface area contributed by atoms with Gasteiger partial charge in [-0.15, -0.1) is 0 Å². The quantitative estimate of drug-likeness (QED) is 0.868. The Morgan fingerprint density at radius 1 is 1.39 bits per heavy atom. The third-order valence-corrected chi connectivity index (χ3v) is 3.19. The number of hydrogen-bond donors (Lipinski definition) is 1. The van der Waals surface area contributed by atoms with E-state index in [9.17, 15) is 21.6 Å². The lowest BCUT2D eigenvalue weighted by Crippen LogP contribution is -2.08. The Kier molecular flexibility index (Phi) is 4.57. The molecule has 1 N–H and O–H groups in total. The van der Waals surface area contributed by atoms with Crippen LogP contribution in [0.5, 0.6) is 0 Å². The molecule has 0 amide bonds. The van der Waals surface area contributed by atoms with Gasteiger partial charge in [0.15, 0.2) is 0 Å². The first-order valence-electron chi connectivity index (χ1n) is 4.76. The van der Waals surface area contributed by atoms with Gasteiger partial charge < -0.3 is 0 Å². The summed E-state index contributed by atoms with van der Waals surface area (Å²) in [6.45, 7) is 0. The van der Waals surface area contributed by atoms with Gasteiger partial charge in [0.2, 0.25) is 0 Å². The molecule has 0 atom stereocenters. The van der Waals surface area contributed by atoms with E-state index in [0.717, 1.165) is 6.07 Å². The maximum absolute atomic E-state index is 12.3. The van der Waals surface area contributed by atoms with Gasteiger partial charge >= 0.3 is 6.18 Å². The number of pyridine rings is 1. The van der Waals surface area contributed by atoms with E-state index in [1.807, 2.05) is 0 Å². The van der Waals surface area contributed by atoms with Crippen LogP contribution < -0.4 is 0 Å². The normalized spacial score (nSPS) is 12.7. The van der Waals surface area contributed by atoms with Crippen LogP contribution in [0.25, 0.3) is 0 Å². The van der Waals surface area contributed by atoms with Crippen LogP contribution in [0.15, 0.2) is 12.3 Å². The molecule has 0 aliphatic rings. The van der Waals surface area contributed by atoms with Crippen molar-refractivity contribution < 1.29 is 26.1 Å². The largest absolute Gasteiger partial charge is 0.417 e. The molecule has 0 radical (unpaired) electrons. The first kappa shape index (κ1) is 15.2. The molecule has 0 aromatic carbocycles. The summed E-state index contributed by atoms with van der Waals surface area (Å²) in [6, 6.07) is 0.733. The average Bonchev–Trinajstić information content (AvgIpc) is 2.17. The van der Waals surface area contributed by atoms with E-state index >= 15 is 0 Å². The third kappa shape index (κ3) is 4.79. The highest BCUT2D eigenvalue weighted by Crippen LogP contribution is 2.31. The monoisotopic (exact) mass is 303 g/mol. The molecule has 0 bridgehead atoms. The molecule has 1 aromatic rings. The van der Waals surface area contributed by atoms with Crippen molar-refractivity contribution in [2.75, 3.05) is 5.75 Å². The van der Waals surface area contributed by atoms with Crippen molar-refractivity contribution in [3.05, 3.63) is 28.5 Å². The molecule has 0 saturated carbocycles. The summed E-state index contributed by atoms with van der Waals surface area (Å²) in [5, 5.41) is -0.180. The third-order valence-electron chi connectivity index (χ3n) is 2.06. The van der Waals surface area contributed by atoms with Gasteiger partial charge in [-0.2, -0.15) is 21.6 Å². The van der Waals surface area contributed by atoms with E-state index in [4.69, 9.17) is 16.2 Å². The number of alkyl halides is 3. The van der Waals surface area contributed by atoms with Crippen LogP contribution >= 0.6 is 11.6 Å². The van der Waals surface area contributed by atoms with Crippen molar-refractivity contribution in [3.8, 4) is 0 Å². The zero-order valence-corrected chi connectivity index (χ0v) is 10.5. The Balaban J connectivity index is 2.75. The second-order valence-electron chi connectivity index (χ2n) is 3.54. The van der Waals surface area contributed by atoms with Crippen molar-refractivity contribution in [2.45, 2.75) is 19.0 Å². The lowest BCUT2D eigenvalue weighted by atomic mass is 10.2. The molecule has 4 nitrogen and oxygen atoms in total. The van der Waals surface area contributed by atoms with Crippen molar-refractivity contribution in [1.29, 1.82) is 0 Å². The molecule has 0 fully saturated rings. The molecule has 9 heteroatoms. The number of nitrogens with zero attached hydrogens (tertiary/aromatic N) is 1. The predicted molar refractivity (Wildman–Crippen MR) is 59.0 cm³/mol. The summed E-state index contributed by atoms with van der Waals surface area (Å²) >= 11 is 5.61. The number of hydrogen-bond acceptors (Lipinski definition) is 3. The lowest BCUT2D eigenvalue weighted by Gasteiger charge is -2.08. The van der Waals surface area contributed by atoms with Gasteiger partial charge in [0.25, 0.3) is 10.1 Å². The number of aromatic nitrogens is 1. The van der Waals surface area contributed by atoms with Crippen molar-refractivity contribution >= 4 is 21.7 Å². The maximum Gasteiger partial charge on any atom is 0.417 e. The molecule has 1 rings (SSSR count). The number of aryl methyl sites for hydroxylation is 1. The minimum atomic E-state index is -4.52. The summed E-state index contributed by atoms with van der Waals surface area (Å²) in [4.78, 5) is 3.54. The first-order chi connectivity index (χ1) is 8.09. The number of halogens is 4. The molecule has 0 aliphatic heterocycles. The van der Waals surface area contributed by atoms with Crippen LogP contribution in [0.4, 0.5) is 13.2 Å². The van der Waals surface area contributed by atoms with Gasteiger partial charge in [0.1, 0.15) is 0 Å². The molecular formula is C9H9ClF3NO3S. The van der Waals surface area contributed by atoms with E-state index in [2.05, 4.69) is 4.98 Å². The Labute approximate surface area is 107 Å². The molecule has 0 aliphatic carbocycles. The summed E-state index contributed by atoms with van der Waals surface area (Å²) in [5.74, 6) is -0.494. The van der Waals surface area contributed by atoms with Gasteiger partial charge in [-0.3, -0.25) is 9.54 Å². The Morgan fingerprint density at radius 3 is 2.44 bits per heavy atom. The highest BCUT2D eigenvalue weighted by atomic mass is 35.5. The highest BCUT2D eigenvalue weighted by Gasteiger charge is 2.31. The Hall–Kier alpha value is -0.860. The molecule has 0 unspecified atom stereocenters. The van der Waals surface area contributed by atoms with E-state index in [1.165, 1.54) is 0 Å². The summed E-state index contributed by atoms with van der Waals surface area (Å²) in [5.41, 5.74) is -0.806. The Bertz CT molecular complexity index is 530. The molecule has 0 saturated heterocycles. The van der Waals surface area contributed by atoms with Crippen LogP contribution in [0, 0.1) is 0 Å². The zero-order valence-electron chi connectivity index (χ0n) is 8.91. The molecule has 0 spiro atoms. The van der Waals surface area contributed by atoms with E-state index in [1.54, 1.807) is 0 Å². The maximum atomic E-state index is 12.3. The van der Waals surface area contributed by atoms with Gasteiger partial charge in [0.05, 0.1) is 22.0 Å². The van der Waals surface area contributed by atoms with Gasteiger partial charge in [-0.25, -0.2) is 0 Å². The van der Waals surface area contributed by atoms with E-state index in [-0.39, 0.29) is 23.6 Å². The summed E-state index contributed by atoms with van der Waals surface area (Å²) in [7, 11) is -4.09. The molecule has 102 valence electrons. The fourth-order valence-corrected chi connectivity index (χ4v) is 2.00. The lowest BCUT2D eigenvalue weighted by molar-refractivity contribution is -0.137. The fraction of sp³-hybridized carbons (Fsp3) is 0.444. The summed E-state index contributed by atoms with van der Waals surface area (Å²) < 4.78 is 66.3. The minimum Gasteiger partial charge on any atom is -0.286 e. The highest BCUT2D eigenvalue weighted by molar-refractivity contribution is 7.85. The van der Waals surface area contributed by atoms with Crippen molar-refractivity contribution in [3.63, 3.8) is 0 Å². The van der Waals surface area contributed by atoms with Crippen molar-refractivity contribution in [2.24, 2.45) is 0 Å². The zero-order chi connectivity index (χ0) is 14.0. The first-order valence-corrected chi connectivity index (χ1v) is 6.75. The molecular weight excluding hydrogens is 295 g/mol. The minimum absolute atomic E-state index is 0.0247. The van der Waals surface area contributed by atoms with E-state index < -0.39 is 27.6 Å². The molecule has 1 heterocycles. The van der Waals surface area contributed by atoms with Crippen LogP contribution in [0.2, 0.25) is 5.02 Å². The Morgan fingerprint density at radius 2 is 2.00 bits per heavy atom. The SMILES string of the molecule is O=S(=O)(O)CCCc1ncc(C(F)(F)F)cc1Cl. The second-order valence-corrected chi connectivity index (χ2v) is 5.52. The second kappa shape index (κ2) is 5.41. The van der Waals surface area contributed by atoms with Crippen LogP contribution in [-0.4, -0.2) is 23.7 Å². The summed E-state index contributed by atoms with van der Waals surface area (Å²) in [6.07, 6.45) is -3.80. The van der Waals surface area contributed by atoms with Crippen LogP contribution in [-0.2, 0) is 22.7 Å². The van der Waals surface area contributed by atoms with Gasteiger partial charge in [0, 0.05) is 6.20 Å². The standard InChI is InChI=1S/C9H9ClF3NO3S/c10-7-4-6(9(11,12)13)5-14-8(7)2-1-3-18(15,16)17/h4-5H,1-3H2,(H,15,16,17). The predicted octanol–water partition coefficient (Wildman–Crippen LogP) is 2.57.